The van der Waals surface area contributed by atoms with Crippen molar-refractivity contribution in [3.8, 4) is 5.75 Å². The Hall–Kier alpha value is -1.55. The number of hydrogen-bond donors (Lipinski definition) is 1. The van der Waals surface area contributed by atoms with Gasteiger partial charge in [0.05, 0.1) is 20.1 Å². The van der Waals surface area contributed by atoms with Crippen molar-refractivity contribution < 1.29 is 14.3 Å². The van der Waals surface area contributed by atoms with Gasteiger partial charge in [0.15, 0.2) is 0 Å². The van der Waals surface area contributed by atoms with E-state index in [0.717, 1.165) is 30.8 Å². The van der Waals surface area contributed by atoms with E-state index in [-0.39, 0.29) is 12.4 Å². The first-order valence-corrected chi connectivity index (χ1v) is 6.28. The number of carbonyl (C=O) groups is 1. The molecule has 0 bridgehead atoms. The van der Waals surface area contributed by atoms with Gasteiger partial charge in [0.2, 0.25) is 0 Å². The molecule has 0 radical (unpaired) electrons. The lowest BCUT2D eigenvalue weighted by molar-refractivity contribution is -0.139. The summed E-state index contributed by atoms with van der Waals surface area (Å²) < 4.78 is 10.5. The Morgan fingerprint density at radius 1 is 1.44 bits per heavy atom. The molecule has 0 aromatic heterocycles. The highest BCUT2D eigenvalue weighted by molar-refractivity contribution is 5.73. The van der Waals surface area contributed by atoms with E-state index in [2.05, 4.69) is 10.1 Å². The zero-order chi connectivity index (χ0) is 12.8. The fourth-order valence-corrected chi connectivity index (χ4v) is 2.08. The molecule has 0 saturated carbocycles. The van der Waals surface area contributed by atoms with Crippen LogP contribution in [-0.2, 0) is 16.0 Å². The van der Waals surface area contributed by atoms with Gasteiger partial charge in [-0.3, -0.25) is 4.79 Å². The number of nitrogens with one attached hydrogen (secondary N) is 1. The first kappa shape index (κ1) is 12.9. The minimum Gasteiger partial charge on any atom is -0.493 e. The van der Waals surface area contributed by atoms with Crippen molar-refractivity contribution in [2.45, 2.75) is 12.8 Å². The van der Waals surface area contributed by atoms with Crippen LogP contribution in [0.1, 0.15) is 12.0 Å². The first-order valence-electron chi connectivity index (χ1n) is 6.28. The van der Waals surface area contributed by atoms with E-state index in [1.165, 1.54) is 7.11 Å². The molecular weight excluding hydrogens is 230 g/mol. The van der Waals surface area contributed by atoms with E-state index in [1.54, 1.807) is 0 Å². The maximum absolute atomic E-state index is 11.3. The molecule has 98 valence electrons. The van der Waals surface area contributed by atoms with Crippen LogP contribution >= 0.6 is 0 Å². The van der Waals surface area contributed by atoms with E-state index >= 15 is 0 Å². The molecule has 1 heterocycles. The molecule has 1 aliphatic rings. The molecule has 4 heteroatoms. The van der Waals surface area contributed by atoms with Gasteiger partial charge in [0, 0.05) is 18.0 Å². The van der Waals surface area contributed by atoms with Gasteiger partial charge in [-0.15, -0.1) is 0 Å². The van der Waals surface area contributed by atoms with Gasteiger partial charge in [0.1, 0.15) is 5.75 Å². The average Bonchev–Trinajstić information content (AvgIpc) is 2.91. The average molecular weight is 249 g/mol. The molecule has 1 aromatic carbocycles. The van der Waals surface area contributed by atoms with Crippen LogP contribution in [0.25, 0.3) is 0 Å². The second kappa shape index (κ2) is 6.40. The van der Waals surface area contributed by atoms with E-state index in [4.69, 9.17) is 4.74 Å². The van der Waals surface area contributed by atoms with Crippen LogP contribution in [0, 0.1) is 5.92 Å². The summed E-state index contributed by atoms with van der Waals surface area (Å²) in [5, 5.41) is 3.31. The summed E-state index contributed by atoms with van der Waals surface area (Å²) in [5.41, 5.74) is 0.885. The Bertz CT molecular complexity index is 400. The fraction of sp³-hybridized carbons (Fsp3) is 0.500. The predicted octanol–water partition coefficient (Wildman–Crippen LogP) is 1.39. The van der Waals surface area contributed by atoms with Crippen molar-refractivity contribution >= 4 is 5.97 Å². The van der Waals surface area contributed by atoms with Crippen molar-refractivity contribution in [1.29, 1.82) is 0 Å². The van der Waals surface area contributed by atoms with Crippen molar-refractivity contribution in [3.63, 3.8) is 0 Å². The summed E-state index contributed by atoms with van der Waals surface area (Å²) in [6.07, 6.45) is 1.41. The van der Waals surface area contributed by atoms with Crippen LogP contribution in [0.4, 0.5) is 0 Å². The van der Waals surface area contributed by atoms with Gasteiger partial charge in [0.25, 0.3) is 0 Å². The minimum atomic E-state index is -0.242. The molecule has 18 heavy (non-hydrogen) atoms. The highest BCUT2D eigenvalue weighted by atomic mass is 16.5. The highest BCUT2D eigenvalue weighted by Crippen LogP contribution is 2.20. The van der Waals surface area contributed by atoms with Gasteiger partial charge in [-0.25, -0.2) is 0 Å². The third-order valence-corrected chi connectivity index (χ3v) is 3.17. The topological polar surface area (TPSA) is 47.6 Å². The monoisotopic (exact) mass is 249 g/mol. The largest absolute Gasteiger partial charge is 0.493 e. The lowest BCUT2D eigenvalue weighted by Gasteiger charge is -2.13. The number of esters is 1. The second-order valence-electron chi connectivity index (χ2n) is 4.53. The van der Waals surface area contributed by atoms with Gasteiger partial charge >= 0.3 is 5.97 Å². The number of benzene rings is 1. The van der Waals surface area contributed by atoms with Crippen molar-refractivity contribution in [1.82, 2.24) is 5.32 Å². The summed E-state index contributed by atoms with van der Waals surface area (Å²) in [6, 6.07) is 7.63. The highest BCUT2D eigenvalue weighted by Gasteiger charge is 2.16. The van der Waals surface area contributed by atoms with Crippen LogP contribution in [0.15, 0.2) is 24.3 Å². The molecule has 0 amide bonds. The van der Waals surface area contributed by atoms with E-state index in [9.17, 15) is 4.79 Å². The predicted molar refractivity (Wildman–Crippen MR) is 68.6 cm³/mol. The first-order chi connectivity index (χ1) is 8.79. The summed E-state index contributed by atoms with van der Waals surface area (Å²) in [5.74, 6) is 1.11. The Labute approximate surface area is 107 Å². The van der Waals surface area contributed by atoms with Crippen molar-refractivity contribution in [3.05, 3.63) is 29.8 Å². The quantitative estimate of drug-likeness (QED) is 0.801. The lowest BCUT2D eigenvalue weighted by Crippen LogP contribution is -2.16. The van der Waals surface area contributed by atoms with Crippen molar-refractivity contribution in [2.75, 3.05) is 26.8 Å². The maximum Gasteiger partial charge on any atom is 0.310 e. The third-order valence-electron chi connectivity index (χ3n) is 3.17. The fourth-order valence-electron chi connectivity index (χ4n) is 2.08. The Balaban J connectivity index is 1.95. The molecule has 0 aliphatic carbocycles. The van der Waals surface area contributed by atoms with Crippen LogP contribution in [0.5, 0.6) is 5.75 Å². The molecule has 1 atom stereocenters. The van der Waals surface area contributed by atoms with Crippen LogP contribution in [0.3, 0.4) is 0 Å². The zero-order valence-corrected chi connectivity index (χ0v) is 10.6. The van der Waals surface area contributed by atoms with Gasteiger partial charge < -0.3 is 14.8 Å². The number of hydrogen-bond acceptors (Lipinski definition) is 4. The van der Waals surface area contributed by atoms with E-state index < -0.39 is 0 Å². The molecule has 2 rings (SSSR count). The Morgan fingerprint density at radius 3 is 3.00 bits per heavy atom. The normalized spacial score (nSPS) is 18.6. The molecule has 1 saturated heterocycles. The lowest BCUT2D eigenvalue weighted by atomic mass is 10.1. The van der Waals surface area contributed by atoms with Crippen LogP contribution in [-0.4, -0.2) is 32.8 Å². The molecule has 4 nitrogen and oxygen atoms in total. The van der Waals surface area contributed by atoms with Crippen LogP contribution in [0.2, 0.25) is 0 Å². The third kappa shape index (κ3) is 3.47. The molecule has 0 spiro atoms. The minimum absolute atomic E-state index is 0.242. The number of methoxy groups -OCH3 is 1. The second-order valence-corrected chi connectivity index (χ2v) is 4.53. The summed E-state index contributed by atoms with van der Waals surface area (Å²) in [4.78, 5) is 11.3. The molecular formula is C14H19NO3. The standard InChI is InChI=1S/C14H19NO3/c1-17-14(16)8-12-4-2-3-5-13(12)18-10-11-6-7-15-9-11/h2-5,11,15H,6-10H2,1H3. The number of rotatable bonds is 5. The maximum atomic E-state index is 11.3. The summed E-state index contributed by atoms with van der Waals surface area (Å²) in [7, 11) is 1.40. The van der Waals surface area contributed by atoms with Gasteiger partial charge in [-0.1, -0.05) is 18.2 Å². The van der Waals surface area contributed by atoms with E-state index in [1.807, 2.05) is 24.3 Å². The van der Waals surface area contributed by atoms with Crippen molar-refractivity contribution in [2.24, 2.45) is 5.92 Å². The molecule has 1 unspecified atom stereocenters. The SMILES string of the molecule is COC(=O)Cc1ccccc1OCC1CCNC1. The van der Waals surface area contributed by atoms with E-state index in [0.29, 0.717) is 12.5 Å². The number of ether oxygens (including phenoxy) is 2. The molecule has 1 fully saturated rings. The number of carbonyl (C=O) groups excluding carboxylic acids is 1. The van der Waals surface area contributed by atoms with Gasteiger partial charge in [-0.2, -0.15) is 0 Å². The smallest absolute Gasteiger partial charge is 0.310 e. The van der Waals surface area contributed by atoms with Crippen LogP contribution < -0.4 is 10.1 Å². The zero-order valence-electron chi connectivity index (χ0n) is 10.6. The Morgan fingerprint density at radius 2 is 2.28 bits per heavy atom. The molecule has 1 aliphatic heterocycles. The summed E-state index contributed by atoms with van der Waals surface area (Å²) >= 11 is 0. The van der Waals surface area contributed by atoms with Gasteiger partial charge in [-0.05, 0) is 19.0 Å². The molecule has 1 N–H and O–H groups in total. The Kier molecular flexibility index (Phi) is 4.59. The number of para-hydroxylation sites is 1. The molecule has 1 aromatic rings. The summed E-state index contributed by atoms with van der Waals surface area (Å²) in [6.45, 7) is 2.78.